The second kappa shape index (κ2) is 7.11. The van der Waals surface area contributed by atoms with E-state index in [0.29, 0.717) is 18.7 Å². The minimum atomic E-state index is -0.976. The van der Waals surface area contributed by atoms with Gasteiger partial charge in [-0.15, -0.1) is 0 Å². The monoisotopic (exact) mass is 402 g/mol. The predicted molar refractivity (Wildman–Crippen MR) is 116 cm³/mol. The molecule has 5 rings (SSSR count). The molecule has 1 saturated heterocycles. The van der Waals surface area contributed by atoms with Crippen molar-refractivity contribution in [3.05, 3.63) is 59.5 Å². The molecule has 0 saturated carbocycles. The molecule has 7 heteroatoms. The van der Waals surface area contributed by atoms with Crippen LogP contribution >= 0.6 is 0 Å². The number of aromatic nitrogens is 3. The standard InChI is InChI=1S/C23H22N4O3/c1-14-13-24-19-6-4-3-5-17(19)22(14)27-15(2)25-21-18(23(28)29)11-16(12-20(21)27)26-7-9-30-10-8-26/h3-6,11-13H,7-10H2,1-2H3,(H,28,29). The highest BCUT2D eigenvalue weighted by molar-refractivity contribution is 6.04. The quantitative estimate of drug-likeness (QED) is 0.563. The van der Waals surface area contributed by atoms with Crippen LogP contribution in [0.1, 0.15) is 21.7 Å². The Labute approximate surface area is 173 Å². The van der Waals surface area contributed by atoms with Crippen molar-refractivity contribution in [2.45, 2.75) is 13.8 Å². The van der Waals surface area contributed by atoms with Gasteiger partial charge in [0.1, 0.15) is 11.3 Å². The van der Waals surface area contributed by atoms with Crippen LogP contribution in [0.3, 0.4) is 0 Å². The third-order valence-corrected chi connectivity index (χ3v) is 5.67. The molecule has 3 heterocycles. The van der Waals surface area contributed by atoms with E-state index in [2.05, 4.69) is 19.4 Å². The third-order valence-electron chi connectivity index (χ3n) is 5.67. The van der Waals surface area contributed by atoms with Crippen molar-refractivity contribution in [1.29, 1.82) is 0 Å². The van der Waals surface area contributed by atoms with Crippen LogP contribution in [0, 0.1) is 13.8 Å². The van der Waals surface area contributed by atoms with Crippen molar-refractivity contribution < 1.29 is 14.6 Å². The molecule has 2 aromatic heterocycles. The van der Waals surface area contributed by atoms with Crippen molar-refractivity contribution >= 4 is 33.6 Å². The Hall–Kier alpha value is -3.45. The van der Waals surface area contributed by atoms with Gasteiger partial charge in [0.05, 0.1) is 35.5 Å². The number of carboxylic acid groups (broad SMARTS) is 1. The van der Waals surface area contributed by atoms with Crippen LogP contribution in [0.5, 0.6) is 0 Å². The molecule has 7 nitrogen and oxygen atoms in total. The number of benzene rings is 2. The number of rotatable bonds is 3. The lowest BCUT2D eigenvalue weighted by atomic mass is 10.1. The molecule has 0 bridgehead atoms. The minimum absolute atomic E-state index is 0.215. The maximum atomic E-state index is 12.1. The maximum absolute atomic E-state index is 12.1. The van der Waals surface area contributed by atoms with Crippen molar-refractivity contribution in [2.24, 2.45) is 0 Å². The largest absolute Gasteiger partial charge is 0.478 e. The third kappa shape index (κ3) is 2.90. The number of hydrogen-bond acceptors (Lipinski definition) is 5. The molecule has 0 aliphatic carbocycles. The Morgan fingerprint density at radius 2 is 1.90 bits per heavy atom. The van der Waals surface area contributed by atoms with E-state index in [9.17, 15) is 9.90 Å². The molecule has 152 valence electrons. The van der Waals surface area contributed by atoms with Crippen LogP contribution in [0.2, 0.25) is 0 Å². The van der Waals surface area contributed by atoms with Crippen LogP contribution in [0.4, 0.5) is 5.69 Å². The van der Waals surface area contributed by atoms with Gasteiger partial charge in [-0.1, -0.05) is 18.2 Å². The second-order valence-corrected chi connectivity index (χ2v) is 7.57. The number of fused-ring (bicyclic) bond motifs is 2. The number of anilines is 1. The number of imidazole rings is 1. The number of hydrogen-bond donors (Lipinski definition) is 1. The highest BCUT2D eigenvalue weighted by Crippen LogP contribution is 2.33. The highest BCUT2D eigenvalue weighted by atomic mass is 16.5. The molecule has 0 unspecified atom stereocenters. The summed E-state index contributed by atoms with van der Waals surface area (Å²) >= 11 is 0. The van der Waals surface area contributed by atoms with Gasteiger partial charge in [0.25, 0.3) is 0 Å². The SMILES string of the molecule is Cc1cnc2ccccc2c1-n1c(C)nc2c(C(=O)O)cc(N3CCOCC3)cc21. The lowest BCUT2D eigenvalue weighted by molar-refractivity contribution is 0.0699. The normalized spacial score (nSPS) is 14.5. The Morgan fingerprint density at radius 1 is 1.13 bits per heavy atom. The first-order valence-electron chi connectivity index (χ1n) is 9.98. The van der Waals surface area contributed by atoms with Gasteiger partial charge in [-0.05, 0) is 37.6 Å². The summed E-state index contributed by atoms with van der Waals surface area (Å²) < 4.78 is 7.53. The fourth-order valence-electron chi connectivity index (χ4n) is 4.25. The molecule has 1 N–H and O–H groups in total. The fourth-order valence-corrected chi connectivity index (χ4v) is 4.25. The number of aryl methyl sites for hydroxylation is 2. The Morgan fingerprint density at radius 3 is 2.67 bits per heavy atom. The summed E-state index contributed by atoms with van der Waals surface area (Å²) in [4.78, 5) is 23.5. The molecule has 0 amide bonds. The summed E-state index contributed by atoms with van der Waals surface area (Å²) in [6.07, 6.45) is 1.85. The number of carbonyl (C=O) groups is 1. The van der Waals surface area contributed by atoms with Gasteiger partial charge in [0.15, 0.2) is 0 Å². The van der Waals surface area contributed by atoms with E-state index in [1.807, 2.05) is 50.4 Å². The van der Waals surface area contributed by atoms with Gasteiger partial charge >= 0.3 is 5.97 Å². The minimum Gasteiger partial charge on any atom is -0.478 e. The second-order valence-electron chi connectivity index (χ2n) is 7.57. The first kappa shape index (κ1) is 18.6. The Bertz CT molecular complexity index is 1290. The van der Waals surface area contributed by atoms with Crippen LogP contribution in [0.15, 0.2) is 42.6 Å². The van der Waals surface area contributed by atoms with Crippen molar-refractivity contribution in [1.82, 2.24) is 14.5 Å². The summed E-state index contributed by atoms with van der Waals surface area (Å²) in [6, 6.07) is 11.7. The molecule has 0 radical (unpaired) electrons. The molecule has 0 spiro atoms. The van der Waals surface area contributed by atoms with Crippen LogP contribution in [-0.4, -0.2) is 51.9 Å². The summed E-state index contributed by atoms with van der Waals surface area (Å²) in [7, 11) is 0. The Kier molecular flexibility index (Phi) is 4.40. The molecule has 1 aliphatic heterocycles. The maximum Gasteiger partial charge on any atom is 0.338 e. The molecule has 1 aliphatic rings. The van der Waals surface area contributed by atoms with E-state index in [-0.39, 0.29) is 5.56 Å². The number of pyridine rings is 1. The van der Waals surface area contributed by atoms with E-state index in [0.717, 1.165) is 52.3 Å². The van der Waals surface area contributed by atoms with Gasteiger partial charge in [-0.3, -0.25) is 9.55 Å². The molecule has 30 heavy (non-hydrogen) atoms. The lowest BCUT2D eigenvalue weighted by Gasteiger charge is -2.29. The van der Waals surface area contributed by atoms with E-state index < -0.39 is 5.97 Å². The van der Waals surface area contributed by atoms with Crippen molar-refractivity contribution in [3.63, 3.8) is 0 Å². The lowest BCUT2D eigenvalue weighted by Crippen LogP contribution is -2.36. The van der Waals surface area contributed by atoms with Gasteiger partial charge in [-0.25, -0.2) is 9.78 Å². The zero-order valence-electron chi connectivity index (χ0n) is 16.9. The number of nitrogens with zero attached hydrogens (tertiary/aromatic N) is 4. The first-order valence-corrected chi connectivity index (χ1v) is 9.98. The predicted octanol–water partition coefficient (Wildman–Crippen LogP) is 3.73. The number of carboxylic acids is 1. The van der Waals surface area contributed by atoms with Crippen molar-refractivity contribution in [3.8, 4) is 5.69 Å². The average molecular weight is 402 g/mol. The Balaban J connectivity index is 1.84. The van der Waals surface area contributed by atoms with E-state index in [1.165, 1.54) is 0 Å². The summed E-state index contributed by atoms with van der Waals surface area (Å²) in [6.45, 7) is 6.65. The van der Waals surface area contributed by atoms with E-state index in [1.54, 1.807) is 6.07 Å². The van der Waals surface area contributed by atoms with E-state index >= 15 is 0 Å². The molecular formula is C23H22N4O3. The van der Waals surface area contributed by atoms with Gasteiger partial charge in [-0.2, -0.15) is 0 Å². The molecule has 4 aromatic rings. The van der Waals surface area contributed by atoms with Gasteiger partial charge in [0, 0.05) is 30.4 Å². The zero-order valence-corrected chi connectivity index (χ0v) is 16.9. The highest BCUT2D eigenvalue weighted by Gasteiger charge is 2.22. The number of morpholine rings is 1. The smallest absolute Gasteiger partial charge is 0.338 e. The average Bonchev–Trinajstić information content (AvgIpc) is 3.09. The fraction of sp³-hybridized carbons (Fsp3) is 0.261. The molecular weight excluding hydrogens is 380 g/mol. The van der Waals surface area contributed by atoms with Gasteiger partial charge in [0.2, 0.25) is 0 Å². The summed E-state index contributed by atoms with van der Waals surface area (Å²) in [5.74, 6) is -0.234. The molecule has 0 atom stereocenters. The number of para-hydroxylation sites is 1. The number of aromatic carboxylic acids is 1. The summed E-state index contributed by atoms with van der Waals surface area (Å²) in [5.41, 5.74) is 5.25. The van der Waals surface area contributed by atoms with Crippen molar-refractivity contribution in [2.75, 3.05) is 31.2 Å². The molecule has 2 aromatic carbocycles. The van der Waals surface area contributed by atoms with Crippen LogP contribution in [0.25, 0.3) is 27.6 Å². The first-order chi connectivity index (χ1) is 14.5. The van der Waals surface area contributed by atoms with Gasteiger partial charge < -0.3 is 14.7 Å². The van der Waals surface area contributed by atoms with Crippen LogP contribution < -0.4 is 4.90 Å². The zero-order chi connectivity index (χ0) is 20.8. The topological polar surface area (TPSA) is 80.5 Å². The van der Waals surface area contributed by atoms with Crippen LogP contribution in [-0.2, 0) is 4.74 Å². The van der Waals surface area contributed by atoms with E-state index in [4.69, 9.17) is 4.74 Å². The summed E-state index contributed by atoms with van der Waals surface area (Å²) in [5, 5.41) is 10.9. The number of ether oxygens (including phenoxy) is 1. The molecule has 1 fully saturated rings.